The van der Waals surface area contributed by atoms with Crippen LogP contribution in [0.15, 0.2) is 0 Å². The zero-order valence-corrected chi connectivity index (χ0v) is 20.1. The van der Waals surface area contributed by atoms with Crippen molar-refractivity contribution in [2.75, 3.05) is 6.54 Å². The molecule has 0 aromatic rings. The van der Waals surface area contributed by atoms with E-state index in [2.05, 4.69) is 6.92 Å². The Hall–Kier alpha value is -1.59. The highest BCUT2D eigenvalue weighted by molar-refractivity contribution is 5.82. The van der Waals surface area contributed by atoms with E-state index < -0.39 is 18.0 Å². The Bertz CT molecular complexity index is 481. The van der Waals surface area contributed by atoms with Crippen molar-refractivity contribution in [2.45, 2.75) is 135 Å². The summed E-state index contributed by atoms with van der Waals surface area (Å²) in [6.45, 7) is 3.99. The lowest BCUT2D eigenvalue weighted by molar-refractivity contribution is -0.150. The molecule has 0 spiro atoms. The van der Waals surface area contributed by atoms with Crippen LogP contribution in [0.1, 0.15) is 129 Å². The summed E-state index contributed by atoms with van der Waals surface area (Å²) < 4.78 is 0. The van der Waals surface area contributed by atoms with Crippen LogP contribution in [-0.2, 0) is 14.4 Å². The molecule has 0 bridgehead atoms. The lowest BCUT2D eigenvalue weighted by Gasteiger charge is -2.27. The number of unbranched alkanes of at least 4 members (excludes halogenated alkanes) is 15. The van der Waals surface area contributed by atoms with Crippen LogP contribution in [0.4, 0.5) is 0 Å². The van der Waals surface area contributed by atoms with Crippen LogP contribution < -0.4 is 0 Å². The van der Waals surface area contributed by atoms with Crippen molar-refractivity contribution in [3.8, 4) is 0 Å². The summed E-state index contributed by atoms with van der Waals surface area (Å²) in [5, 5.41) is 18.1. The van der Waals surface area contributed by atoms with Gasteiger partial charge in [0.05, 0.1) is 0 Å². The monoisotopic (exact) mass is 441 g/mol. The summed E-state index contributed by atoms with van der Waals surface area (Å²) in [5.41, 5.74) is 0. The van der Waals surface area contributed by atoms with Gasteiger partial charge in [0.15, 0.2) is 0 Å². The van der Waals surface area contributed by atoms with Crippen molar-refractivity contribution in [2.24, 2.45) is 0 Å². The first-order valence-electron chi connectivity index (χ1n) is 12.6. The normalized spacial score (nSPS) is 11.9. The first kappa shape index (κ1) is 29.4. The number of carboxylic acids is 2. The van der Waals surface area contributed by atoms with Gasteiger partial charge in [-0.2, -0.15) is 0 Å². The minimum Gasteiger partial charge on any atom is -0.481 e. The Labute approximate surface area is 189 Å². The molecule has 6 heteroatoms. The van der Waals surface area contributed by atoms with Crippen molar-refractivity contribution < 1.29 is 24.6 Å². The standard InChI is InChI=1S/C25H47NO5/c1-3-4-5-6-7-8-9-10-11-12-13-14-15-16-17-18-21-26(22(2)27)23(25(30)31)19-20-24(28)29/h23H,3-21H2,1-2H3,(H,28,29)(H,30,31)/t23-/m0/s1. The van der Waals surface area contributed by atoms with E-state index in [1.807, 2.05) is 0 Å². The van der Waals surface area contributed by atoms with E-state index in [4.69, 9.17) is 5.11 Å². The molecule has 0 aromatic heterocycles. The smallest absolute Gasteiger partial charge is 0.326 e. The van der Waals surface area contributed by atoms with Crippen LogP contribution in [0.25, 0.3) is 0 Å². The molecule has 0 unspecified atom stereocenters. The van der Waals surface area contributed by atoms with Gasteiger partial charge < -0.3 is 15.1 Å². The molecule has 31 heavy (non-hydrogen) atoms. The number of hydrogen-bond acceptors (Lipinski definition) is 3. The Morgan fingerprint density at radius 3 is 1.39 bits per heavy atom. The molecule has 0 aliphatic rings. The molecule has 0 fully saturated rings. The van der Waals surface area contributed by atoms with Crippen LogP contribution >= 0.6 is 0 Å². The van der Waals surface area contributed by atoms with Crippen LogP contribution in [0.3, 0.4) is 0 Å². The first-order chi connectivity index (χ1) is 14.9. The van der Waals surface area contributed by atoms with Gasteiger partial charge in [0.25, 0.3) is 0 Å². The summed E-state index contributed by atoms with van der Waals surface area (Å²) >= 11 is 0. The number of hydrogen-bond donors (Lipinski definition) is 2. The lowest BCUT2D eigenvalue weighted by atomic mass is 10.0. The van der Waals surface area contributed by atoms with E-state index >= 15 is 0 Å². The second-order valence-corrected chi connectivity index (χ2v) is 8.80. The maximum atomic E-state index is 11.8. The molecule has 0 saturated heterocycles. The van der Waals surface area contributed by atoms with Gasteiger partial charge in [-0.3, -0.25) is 9.59 Å². The van der Waals surface area contributed by atoms with E-state index in [-0.39, 0.29) is 18.7 Å². The van der Waals surface area contributed by atoms with Gasteiger partial charge >= 0.3 is 11.9 Å². The molecular formula is C25H47NO5. The Balaban J connectivity index is 3.71. The van der Waals surface area contributed by atoms with Crippen molar-refractivity contribution in [1.82, 2.24) is 4.90 Å². The van der Waals surface area contributed by atoms with Crippen LogP contribution in [0, 0.1) is 0 Å². The fourth-order valence-electron chi connectivity index (χ4n) is 4.04. The molecule has 0 aliphatic carbocycles. The van der Waals surface area contributed by atoms with E-state index in [1.54, 1.807) is 0 Å². The van der Waals surface area contributed by atoms with E-state index in [0.29, 0.717) is 6.54 Å². The molecule has 6 nitrogen and oxygen atoms in total. The molecule has 1 atom stereocenters. The zero-order chi connectivity index (χ0) is 23.3. The van der Waals surface area contributed by atoms with Crippen molar-refractivity contribution in [3.63, 3.8) is 0 Å². The fourth-order valence-corrected chi connectivity index (χ4v) is 4.04. The van der Waals surface area contributed by atoms with Crippen LogP contribution in [0.5, 0.6) is 0 Å². The molecule has 0 rings (SSSR count). The van der Waals surface area contributed by atoms with Gasteiger partial charge in [0.2, 0.25) is 5.91 Å². The molecular weight excluding hydrogens is 394 g/mol. The van der Waals surface area contributed by atoms with Crippen molar-refractivity contribution >= 4 is 17.8 Å². The van der Waals surface area contributed by atoms with Gasteiger partial charge in [-0.25, -0.2) is 4.79 Å². The Kier molecular flexibility index (Phi) is 19.3. The summed E-state index contributed by atoms with van der Waals surface area (Å²) in [6, 6.07) is -1.05. The summed E-state index contributed by atoms with van der Waals surface area (Å²) in [5.74, 6) is -2.48. The number of aliphatic carboxylic acids is 2. The second-order valence-electron chi connectivity index (χ2n) is 8.80. The molecule has 1 amide bonds. The molecule has 0 saturated carbocycles. The van der Waals surface area contributed by atoms with Gasteiger partial charge in [0, 0.05) is 19.9 Å². The average molecular weight is 442 g/mol. The highest BCUT2D eigenvalue weighted by atomic mass is 16.4. The van der Waals surface area contributed by atoms with Gasteiger partial charge in [-0.1, -0.05) is 103 Å². The number of amides is 1. The molecule has 0 aromatic carbocycles. The van der Waals surface area contributed by atoms with Crippen molar-refractivity contribution in [3.05, 3.63) is 0 Å². The van der Waals surface area contributed by atoms with Gasteiger partial charge in [-0.15, -0.1) is 0 Å². The largest absolute Gasteiger partial charge is 0.481 e. The number of carbonyl (C=O) groups excluding carboxylic acids is 1. The molecule has 182 valence electrons. The summed E-state index contributed by atoms with van der Waals surface area (Å²) in [4.78, 5) is 35.3. The van der Waals surface area contributed by atoms with E-state index in [0.717, 1.165) is 19.3 Å². The highest BCUT2D eigenvalue weighted by Crippen LogP contribution is 2.15. The first-order valence-corrected chi connectivity index (χ1v) is 12.6. The van der Waals surface area contributed by atoms with Gasteiger partial charge in [-0.05, 0) is 12.8 Å². The molecule has 2 N–H and O–H groups in total. The Morgan fingerprint density at radius 2 is 1.06 bits per heavy atom. The average Bonchev–Trinajstić information content (AvgIpc) is 2.71. The minimum absolute atomic E-state index is 0.0525. The van der Waals surface area contributed by atoms with E-state index in [1.165, 1.54) is 95.3 Å². The zero-order valence-electron chi connectivity index (χ0n) is 20.1. The topological polar surface area (TPSA) is 94.9 Å². The number of nitrogens with zero attached hydrogens (tertiary/aromatic N) is 1. The third-order valence-corrected chi connectivity index (χ3v) is 5.95. The maximum Gasteiger partial charge on any atom is 0.326 e. The number of carboxylic acid groups (broad SMARTS) is 2. The second kappa shape index (κ2) is 20.3. The van der Waals surface area contributed by atoms with Crippen molar-refractivity contribution in [1.29, 1.82) is 0 Å². The molecule has 0 radical (unpaired) electrons. The third kappa shape index (κ3) is 17.8. The lowest BCUT2D eigenvalue weighted by Crippen LogP contribution is -2.44. The summed E-state index contributed by atoms with van der Waals surface area (Å²) in [7, 11) is 0. The van der Waals surface area contributed by atoms with Crippen LogP contribution in [-0.4, -0.2) is 45.5 Å². The number of rotatable bonds is 22. The minimum atomic E-state index is -1.13. The van der Waals surface area contributed by atoms with E-state index in [9.17, 15) is 19.5 Å². The SMILES string of the molecule is CCCCCCCCCCCCCCCCCCN(C(C)=O)[C@@H](CCC(=O)O)C(=O)O. The quantitative estimate of drug-likeness (QED) is 0.189. The number of carbonyl (C=O) groups is 3. The van der Waals surface area contributed by atoms with Gasteiger partial charge in [0.1, 0.15) is 6.04 Å². The predicted octanol–water partition coefficient (Wildman–Crippen LogP) is 6.41. The Morgan fingerprint density at radius 1 is 0.677 bits per heavy atom. The molecule has 0 heterocycles. The van der Waals surface area contributed by atoms with Crippen LogP contribution in [0.2, 0.25) is 0 Å². The fraction of sp³-hybridized carbons (Fsp3) is 0.880. The predicted molar refractivity (Wildman–Crippen MR) is 125 cm³/mol. The summed E-state index contributed by atoms with van der Waals surface area (Å²) in [6.07, 6.45) is 19.9. The highest BCUT2D eigenvalue weighted by Gasteiger charge is 2.27. The molecule has 0 aliphatic heterocycles. The third-order valence-electron chi connectivity index (χ3n) is 5.95. The maximum absolute atomic E-state index is 11.8.